The lowest BCUT2D eigenvalue weighted by Gasteiger charge is -2.34. The predicted octanol–water partition coefficient (Wildman–Crippen LogP) is 1.98. The molecular weight excluding hydrogens is 297 g/mol. The fourth-order valence-electron chi connectivity index (χ4n) is 2.51. The van der Waals surface area contributed by atoms with Gasteiger partial charge < -0.3 is 10.2 Å². The largest absolute Gasteiger partial charge is 0.416 e. The van der Waals surface area contributed by atoms with Crippen LogP contribution in [0.4, 0.5) is 13.2 Å². The molecule has 2 amide bonds. The smallest absolute Gasteiger partial charge is 0.353 e. The molecule has 1 aliphatic heterocycles. The van der Waals surface area contributed by atoms with E-state index in [1.807, 2.05) is 6.92 Å². The van der Waals surface area contributed by atoms with E-state index in [9.17, 15) is 22.8 Å². The van der Waals surface area contributed by atoms with Crippen molar-refractivity contribution in [3.05, 3.63) is 35.4 Å². The van der Waals surface area contributed by atoms with Gasteiger partial charge in [-0.2, -0.15) is 13.2 Å². The quantitative estimate of drug-likeness (QED) is 0.927. The Morgan fingerprint density at radius 3 is 2.50 bits per heavy atom. The molecule has 1 heterocycles. The molecule has 1 N–H and O–H groups in total. The van der Waals surface area contributed by atoms with E-state index >= 15 is 0 Å². The number of hydrogen-bond acceptors (Lipinski definition) is 2. The molecule has 0 spiro atoms. The summed E-state index contributed by atoms with van der Waals surface area (Å²) in [6, 6.07) is 4.01. The van der Waals surface area contributed by atoms with Gasteiger partial charge in [-0.05, 0) is 24.1 Å². The van der Waals surface area contributed by atoms with Gasteiger partial charge >= 0.3 is 6.18 Å². The molecule has 120 valence electrons. The summed E-state index contributed by atoms with van der Waals surface area (Å²) in [5, 5.41) is 2.70. The first kappa shape index (κ1) is 16.3. The highest BCUT2D eigenvalue weighted by Crippen LogP contribution is 2.29. The number of nitrogens with one attached hydrogen (secondary N) is 1. The van der Waals surface area contributed by atoms with E-state index in [0.717, 1.165) is 12.1 Å². The maximum Gasteiger partial charge on any atom is 0.416 e. The summed E-state index contributed by atoms with van der Waals surface area (Å²) in [7, 11) is 0. The lowest BCUT2D eigenvalue weighted by atomic mass is 10.1. The standard InChI is InChI=1S/C15H17F3N2O2/c1-2-12-14(22)19-7-8-20(12)13(21)9-10-3-5-11(6-4-10)15(16,17)18/h3-6,12H,2,7-9H2,1H3,(H,19,22). The van der Waals surface area contributed by atoms with Gasteiger partial charge in [0.15, 0.2) is 0 Å². The van der Waals surface area contributed by atoms with Gasteiger partial charge in [-0.25, -0.2) is 0 Å². The van der Waals surface area contributed by atoms with E-state index in [0.29, 0.717) is 25.1 Å². The minimum absolute atomic E-state index is 0.0120. The average molecular weight is 314 g/mol. The number of piperazine rings is 1. The summed E-state index contributed by atoms with van der Waals surface area (Å²) in [6.45, 7) is 2.63. The zero-order valence-electron chi connectivity index (χ0n) is 12.1. The highest BCUT2D eigenvalue weighted by Gasteiger charge is 2.32. The molecule has 0 saturated carbocycles. The molecule has 1 aromatic carbocycles. The van der Waals surface area contributed by atoms with Crippen molar-refractivity contribution in [2.75, 3.05) is 13.1 Å². The Labute approximate surface area is 126 Å². The number of rotatable bonds is 3. The summed E-state index contributed by atoms with van der Waals surface area (Å²) >= 11 is 0. The maximum absolute atomic E-state index is 12.5. The Kier molecular flexibility index (Phi) is 4.73. The molecule has 22 heavy (non-hydrogen) atoms. The van der Waals surface area contributed by atoms with Crippen molar-refractivity contribution in [2.24, 2.45) is 0 Å². The normalized spacial score (nSPS) is 19.0. The molecule has 2 rings (SSSR count). The lowest BCUT2D eigenvalue weighted by molar-refractivity contribution is -0.142. The van der Waals surface area contributed by atoms with Gasteiger partial charge in [0.25, 0.3) is 0 Å². The topological polar surface area (TPSA) is 49.4 Å². The third-order valence-electron chi connectivity index (χ3n) is 3.67. The molecule has 0 bridgehead atoms. The minimum atomic E-state index is -4.39. The third kappa shape index (κ3) is 3.58. The number of benzene rings is 1. The van der Waals surface area contributed by atoms with Gasteiger partial charge in [0.1, 0.15) is 6.04 Å². The second kappa shape index (κ2) is 6.37. The van der Waals surface area contributed by atoms with Crippen molar-refractivity contribution in [3.63, 3.8) is 0 Å². The number of halogens is 3. The number of carbonyl (C=O) groups is 2. The molecule has 1 aliphatic rings. The van der Waals surface area contributed by atoms with E-state index in [1.54, 1.807) is 0 Å². The van der Waals surface area contributed by atoms with Crippen LogP contribution in [0.3, 0.4) is 0 Å². The van der Waals surface area contributed by atoms with E-state index in [-0.39, 0.29) is 18.2 Å². The van der Waals surface area contributed by atoms with E-state index in [1.165, 1.54) is 17.0 Å². The fraction of sp³-hybridized carbons (Fsp3) is 0.467. The highest BCUT2D eigenvalue weighted by molar-refractivity contribution is 5.89. The summed E-state index contributed by atoms with van der Waals surface area (Å²) < 4.78 is 37.5. The fourth-order valence-corrected chi connectivity index (χ4v) is 2.51. The average Bonchev–Trinajstić information content (AvgIpc) is 2.46. The van der Waals surface area contributed by atoms with Crippen molar-refractivity contribution in [2.45, 2.75) is 32.0 Å². The van der Waals surface area contributed by atoms with Gasteiger partial charge in [0.2, 0.25) is 11.8 Å². The van der Waals surface area contributed by atoms with Crippen LogP contribution in [0, 0.1) is 0 Å². The molecular formula is C15H17F3N2O2. The second-order valence-electron chi connectivity index (χ2n) is 5.17. The summed E-state index contributed by atoms with van der Waals surface area (Å²) in [5.74, 6) is -0.434. The molecule has 1 fully saturated rings. The van der Waals surface area contributed by atoms with Crippen molar-refractivity contribution < 1.29 is 22.8 Å². The van der Waals surface area contributed by atoms with Crippen molar-refractivity contribution in [1.29, 1.82) is 0 Å². The van der Waals surface area contributed by atoms with Crippen LogP contribution in [0.1, 0.15) is 24.5 Å². The Balaban J connectivity index is 2.06. The SMILES string of the molecule is CCC1C(=O)NCCN1C(=O)Cc1ccc(C(F)(F)F)cc1. The van der Waals surface area contributed by atoms with Crippen LogP contribution < -0.4 is 5.32 Å². The molecule has 1 unspecified atom stereocenters. The van der Waals surface area contributed by atoms with Gasteiger partial charge in [-0.15, -0.1) is 0 Å². The first-order valence-corrected chi connectivity index (χ1v) is 7.06. The van der Waals surface area contributed by atoms with Gasteiger partial charge in [0, 0.05) is 13.1 Å². The number of nitrogens with zero attached hydrogens (tertiary/aromatic N) is 1. The first-order chi connectivity index (χ1) is 10.3. The molecule has 1 aromatic rings. The maximum atomic E-state index is 12.5. The third-order valence-corrected chi connectivity index (χ3v) is 3.67. The summed E-state index contributed by atoms with van der Waals surface area (Å²) in [4.78, 5) is 25.5. The lowest BCUT2D eigenvalue weighted by Crippen LogP contribution is -2.57. The molecule has 7 heteroatoms. The Hall–Kier alpha value is -2.05. The number of hydrogen-bond donors (Lipinski definition) is 1. The van der Waals surface area contributed by atoms with Crippen LogP contribution in [0.2, 0.25) is 0 Å². The Morgan fingerprint density at radius 1 is 1.32 bits per heavy atom. The van der Waals surface area contributed by atoms with Crippen LogP contribution in [0.15, 0.2) is 24.3 Å². The van der Waals surface area contributed by atoms with Crippen LogP contribution in [0.25, 0.3) is 0 Å². The molecule has 0 aliphatic carbocycles. The summed E-state index contributed by atoms with van der Waals surface area (Å²) in [5.41, 5.74) is -0.244. The second-order valence-corrected chi connectivity index (χ2v) is 5.17. The molecule has 0 aromatic heterocycles. The summed E-state index contributed by atoms with van der Waals surface area (Å²) in [6.07, 6.45) is -3.90. The Morgan fingerprint density at radius 2 is 1.95 bits per heavy atom. The Bertz CT molecular complexity index is 555. The van der Waals surface area contributed by atoms with Crippen LogP contribution in [0.5, 0.6) is 0 Å². The van der Waals surface area contributed by atoms with E-state index in [2.05, 4.69) is 5.32 Å². The van der Waals surface area contributed by atoms with Crippen LogP contribution in [-0.2, 0) is 22.2 Å². The molecule has 1 atom stereocenters. The number of carbonyl (C=O) groups excluding carboxylic acids is 2. The number of amides is 2. The highest BCUT2D eigenvalue weighted by atomic mass is 19.4. The molecule has 0 radical (unpaired) electrons. The molecule has 4 nitrogen and oxygen atoms in total. The first-order valence-electron chi connectivity index (χ1n) is 7.06. The number of alkyl halides is 3. The van der Waals surface area contributed by atoms with Gasteiger partial charge in [-0.1, -0.05) is 19.1 Å². The van der Waals surface area contributed by atoms with Crippen LogP contribution in [-0.4, -0.2) is 35.8 Å². The predicted molar refractivity (Wildman–Crippen MR) is 73.9 cm³/mol. The van der Waals surface area contributed by atoms with E-state index in [4.69, 9.17) is 0 Å². The van der Waals surface area contributed by atoms with Crippen LogP contribution >= 0.6 is 0 Å². The van der Waals surface area contributed by atoms with Gasteiger partial charge in [-0.3, -0.25) is 9.59 Å². The minimum Gasteiger partial charge on any atom is -0.353 e. The van der Waals surface area contributed by atoms with E-state index < -0.39 is 17.8 Å². The van der Waals surface area contributed by atoms with Crippen molar-refractivity contribution in [1.82, 2.24) is 10.2 Å². The zero-order chi connectivity index (χ0) is 16.3. The molecule has 1 saturated heterocycles. The van der Waals surface area contributed by atoms with Crippen molar-refractivity contribution >= 4 is 11.8 Å². The zero-order valence-corrected chi connectivity index (χ0v) is 12.1. The monoisotopic (exact) mass is 314 g/mol. The van der Waals surface area contributed by atoms with Gasteiger partial charge in [0.05, 0.1) is 12.0 Å². The van der Waals surface area contributed by atoms with Crippen molar-refractivity contribution in [3.8, 4) is 0 Å².